The van der Waals surface area contributed by atoms with Crippen LogP contribution in [0.1, 0.15) is 12.8 Å². The predicted molar refractivity (Wildman–Crippen MR) is 26.4 cm³/mol. The molecule has 36 valence electrons. The van der Waals surface area contributed by atoms with Gasteiger partial charge in [0.25, 0.3) is 0 Å². The van der Waals surface area contributed by atoms with Crippen molar-refractivity contribution in [3.8, 4) is 0 Å². The van der Waals surface area contributed by atoms with E-state index in [4.69, 9.17) is 0 Å². The maximum absolute atomic E-state index is 3.25. The molecule has 1 nitrogen and oxygen atoms in total. The Balaban J connectivity index is 0.000000360. The molecular weight excluding hydrogens is 113 g/mol. The van der Waals surface area contributed by atoms with Gasteiger partial charge < -0.3 is 11.7 Å². The van der Waals surface area contributed by atoms with E-state index in [0.29, 0.717) is 0 Å². The van der Waals surface area contributed by atoms with Gasteiger partial charge in [-0.2, -0.15) is 12.8 Å². The van der Waals surface area contributed by atoms with E-state index in [1.165, 1.54) is 25.9 Å². The first-order valence-corrected chi connectivity index (χ1v) is 2.52. The minimum atomic E-state index is 0. The second-order valence-corrected chi connectivity index (χ2v) is 1.62. The monoisotopic (exact) mass is 123 g/mol. The van der Waals surface area contributed by atoms with E-state index < -0.39 is 0 Å². The summed E-state index contributed by atoms with van der Waals surface area (Å²) in [7, 11) is 0. The van der Waals surface area contributed by atoms with Crippen LogP contribution in [0.2, 0.25) is 0 Å². The number of piperidine rings is 1. The Morgan fingerprint density at radius 2 is 1.71 bits per heavy atom. The second kappa shape index (κ2) is 5.73. The Morgan fingerprint density at radius 1 is 1.14 bits per heavy atom. The van der Waals surface area contributed by atoms with Crippen molar-refractivity contribution in [2.75, 3.05) is 13.1 Å². The molecule has 1 fully saturated rings. The third kappa shape index (κ3) is 4.12. The van der Waals surface area contributed by atoms with E-state index >= 15 is 0 Å². The van der Waals surface area contributed by atoms with E-state index in [1.54, 1.807) is 0 Å². The van der Waals surface area contributed by atoms with Crippen LogP contribution < -0.4 is 56.7 Å². The van der Waals surface area contributed by atoms with Gasteiger partial charge in [-0.05, 0) is 13.1 Å². The van der Waals surface area contributed by atoms with Crippen molar-refractivity contribution in [1.29, 1.82) is 0 Å². The van der Waals surface area contributed by atoms with Gasteiger partial charge in [-0.3, -0.25) is 0 Å². The fourth-order valence-electron chi connectivity index (χ4n) is 0.678. The van der Waals surface area contributed by atoms with E-state index in [9.17, 15) is 0 Å². The SMILES string of the molecule is [CH-]1CCNCC1.[K+]. The Kier molecular flexibility index (Phi) is 7.03. The summed E-state index contributed by atoms with van der Waals surface area (Å²) in [6.07, 6.45) is 4.86. The van der Waals surface area contributed by atoms with Crippen molar-refractivity contribution >= 4 is 0 Å². The van der Waals surface area contributed by atoms with Gasteiger partial charge in [0.2, 0.25) is 0 Å². The molecule has 0 atom stereocenters. The summed E-state index contributed by atoms with van der Waals surface area (Å²) in [4.78, 5) is 0. The van der Waals surface area contributed by atoms with Gasteiger partial charge in [-0.25, -0.2) is 0 Å². The first-order chi connectivity index (χ1) is 3.00. The molecule has 0 bridgehead atoms. The van der Waals surface area contributed by atoms with Crippen molar-refractivity contribution < 1.29 is 51.4 Å². The second-order valence-electron chi connectivity index (χ2n) is 1.62. The molecule has 7 heavy (non-hydrogen) atoms. The Morgan fingerprint density at radius 3 is 1.86 bits per heavy atom. The van der Waals surface area contributed by atoms with Gasteiger partial charge >= 0.3 is 51.4 Å². The first-order valence-electron chi connectivity index (χ1n) is 2.52. The quantitative estimate of drug-likeness (QED) is 0.279. The fraction of sp³-hybridized carbons (Fsp3) is 0.800. The topological polar surface area (TPSA) is 12.0 Å². The maximum Gasteiger partial charge on any atom is 1.00 e. The molecule has 1 N–H and O–H groups in total. The summed E-state index contributed by atoms with van der Waals surface area (Å²) in [5, 5.41) is 3.25. The van der Waals surface area contributed by atoms with Crippen molar-refractivity contribution in [3.05, 3.63) is 6.42 Å². The van der Waals surface area contributed by atoms with Crippen LogP contribution >= 0.6 is 0 Å². The van der Waals surface area contributed by atoms with Crippen LogP contribution in [0, 0.1) is 6.42 Å². The number of hydrogen-bond acceptors (Lipinski definition) is 1. The largest absolute Gasteiger partial charge is 1.00 e. The van der Waals surface area contributed by atoms with E-state index in [0.717, 1.165) is 0 Å². The van der Waals surface area contributed by atoms with Crippen LogP contribution in [-0.4, -0.2) is 13.1 Å². The minimum Gasteiger partial charge on any atom is -0.326 e. The van der Waals surface area contributed by atoms with Crippen molar-refractivity contribution in [3.63, 3.8) is 0 Å². The molecule has 0 amide bonds. The van der Waals surface area contributed by atoms with Crippen LogP contribution in [0.15, 0.2) is 0 Å². The van der Waals surface area contributed by atoms with Gasteiger partial charge in [0.05, 0.1) is 0 Å². The number of nitrogens with one attached hydrogen (secondary N) is 1. The van der Waals surface area contributed by atoms with Crippen LogP contribution in [-0.2, 0) is 0 Å². The van der Waals surface area contributed by atoms with Gasteiger partial charge in [0.15, 0.2) is 0 Å². The third-order valence-electron chi connectivity index (χ3n) is 1.05. The molecular formula is C5H10KN. The molecule has 2 heteroatoms. The van der Waals surface area contributed by atoms with Crippen molar-refractivity contribution in [2.45, 2.75) is 12.8 Å². The van der Waals surface area contributed by atoms with E-state index in [1.807, 2.05) is 0 Å². The normalized spacial score (nSPS) is 20.6. The summed E-state index contributed by atoms with van der Waals surface area (Å²) >= 11 is 0. The fourth-order valence-corrected chi connectivity index (χ4v) is 0.678. The first kappa shape index (κ1) is 8.60. The van der Waals surface area contributed by atoms with Gasteiger partial charge in [0, 0.05) is 0 Å². The molecule has 1 aliphatic heterocycles. The summed E-state index contributed by atoms with van der Waals surface area (Å²) in [6, 6.07) is 0. The minimum absolute atomic E-state index is 0. The van der Waals surface area contributed by atoms with Crippen LogP contribution in [0.4, 0.5) is 0 Å². The number of hydrogen-bond donors (Lipinski definition) is 1. The van der Waals surface area contributed by atoms with Crippen LogP contribution in [0.3, 0.4) is 0 Å². The van der Waals surface area contributed by atoms with Gasteiger partial charge in [-0.1, -0.05) is 0 Å². The Labute approximate surface area is 87.7 Å². The molecule has 0 saturated carbocycles. The average molecular weight is 123 g/mol. The van der Waals surface area contributed by atoms with E-state index in [2.05, 4.69) is 11.7 Å². The zero-order valence-corrected chi connectivity index (χ0v) is 8.03. The third-order valence-corrected chi connectivity index (χ3v) is 1.05. The smallest absolute Gasteiger partial charge is 0.326 e. The average Bonchev–Trinajstić information content (AvgIpc) is 1.72. The summed E-state index contributed by atoms with van der Waals surface area (Å²) in [6.45, 7) is 2.39. The summed E-state index contributed by atoms with van der Waals surface area (Å²) in [5.41, 5.74) is 0. The maximum atomic E-state index is 3.25. The molecule has 0 radical (unpaired) electrons. The molecule has 0 spiro atoms. The summed E-state index contributed by atoms with van der Waals surface area (Å²) in [5.74, 6) is 0. The molecule has 1 rings (SSSR count). The number of rotatable bonds is 0. The molecule has 0 aliphatic carbocycles. The Hall–Kier alpha value is 1.60. The molecule has 0 aromatic heterocycles. The van der Waals surface area contributed by atoms with E-state index in [-0.39, 0.29) is 51.4 Å². The molecule has 0 aromatic rings. The van der Waals surface area contributed by atoms with Gasteiger partial charge in [-0.15, -0.1) is 0 Å². The van der Waals surface area contributed by atoms with Gasteiger partial charge in [0.1, 0.15) is 0 Å². The molecule has 1 saturated heterocycles. The molecule has 0 aromatic carbocycles. The summed E-state index contributed by atoms with van der Waals surface area (Å²) < 4.78 is 0. The molecule has 1 aliphatic rings. The molecule has 0 unspecified atom stereocenters. The van der Waals surface area contributed by atoms with Crippen LogP contribution in [0.5, 0.6) is 0 Å². The van der Waals surface area contributed by atoms with Crippen molar-refractivity contribution in [2.24, 2.45) is 0 Å². The zero-order valence-electron chi connectivity index (χ0n) is 4.91. The molecule has 1 heterocycles. The standard InChI is InChI=1S/C5H10N.K/c1-2-4-6-5-3-1;/h1,6H,2-5H2;/q-1;+1. The van der Waals surface area contributed by atoms with Crippen molar-refractivity contribution in [1.82, 2.24) is 5.32 Å². The van der Waals surface area contributed by atoms with Crippen LogP contribution in [0.25, 0.3) is 0 Å². The zero-order chi connectivity index (χ0) is 4.24. The Bertz CT molecular complexity index is 23.6. The predicted octanol–water partition coefficient (Wildman–Crippen LogP) is -2.42.